The van der Waals surface area contributed by atoms with Crippen molar-refractivity contribution in [1.82, 2.24) is 5.32 Å². The lowest BCUT2D eigenvalue weighted by molar-refractivity contribution is 0.167. The van der Waals surface area contributed by atoms with Crippen LogP contribution in [0.25, 0.3) is 0 Å². The monoisotopic (exact) mass is 311 g/mol. The van der Waals surface area contributed by atoms with E-state index in [1.54, 1.807) is 0 Å². The summed E-state index contributed by atoms with van der Waals surface area (Å²) in [4.78, 5) is 0. The van der Waals surface area contributed by atoms with Crippen molar-refractivity contribution in [3.63, 3.8) is 0 Å². The van der Waals surface area contributed by atoms with Crippen LogP contribution in [0.4, 0.5) is 0 Å². The molecule has 2 rings (SSSR count). The van der Waals surface area contributed by atoms with Crippen molar-refractivity contribution >= 4 is 24.0 Å². The number of aliphatic hydroxyl groups excluding tert-OH is 1. The SMILES string of the molecule is Cl.OC(CCNCc1ccc(Cl)cc1)c1ccccc1. The minimum absolute atomic E-state index is 0. The van der Waals surface area contributed by atoms with Crippen LogP contribution in [0.2, 0.25) is 5.02 Å². The molecule has 0 aromatic heterocycles. The fourth-order valence-corrected chi connectivity index (χ4v) is 2.04. The largest absolute Gasteiger partial charge is 0.388 e. The molecule has 2 nitrogen and oxygen atoms in total. The van der Waals surface area contributed by atoms with E-state index in [0.29, 0.717) is 6.42 Å². The van der Waals surface area contributed by atoms with E-state index in [-0.39, 0.29) is 12.4 Å². The van der Waals surface area contributed by atoms with E-state index in [0.717, 1.165) is 23.7 Å². The third-order valence-corrected chi connectivity index (χ3v) is 3.27. The third-order valence-electron chi connectivity index (χ3n) is 3.02. The molecule has 0 amide bonds. The normalized spacial score (nSPS) is 11.7. The second-order valence-electron chi connectivity index (χ2n) is 4.52. The summed E-state index contributed by atoms with van der Waals surface area (Å²) in [5.41, 5.74) is 2.16. The summed E-state index contributed by atoms with van der Waals surface area (Å²) in [7, 11) is 0. The average Bonchev–Trinajstić information content (AvgIpc) is 2.46. The first-order chi connectivity index (χ1) is 9.25. The Morgan fingerprint density at radius 1 is 1.00 bits per heavy atom. The predicted molar refractivity (Wildman–Crippen MR) is 86.4 cm³/mol. The zero-order chi connectivity index (χ0) is 13.5. The van der Waals surface area contributed by atoms with Crippen LogP contribution in [-0.2, 0) is 6.54 Å². The molecule has 0 aliphatic carbocycles. The minimum Gasteiger partial charge on any atom is -0.388 e. The summed E-state index contributed by atoms with van der Waals surface area (Å²) in [6.45, 7) is 1.57. The fraction of sp³-hybridized carbons (Fsp3) is 0.250. The molecular formula is C16H19Cl2NO. The van der Waals surface area contributed by atoms with Crippen LogP contribution in [0, 0.1) is 0 Å². The van der Waals surface area contributed by atoms with Gasteiger partial charge in [0.15, 0.2) is 0 Å². The lowest BCUT2D eigenvalue weighted by Crippen LogP contribution is -2.17. The van der Waals surface area contributed by atoms with E-state index in [9.17, 15) is 5.11 Å². The van der Waals surface area contributed by atoms with Crippen molar-refractivity contribution in [2.24, 2.45) is 0 Å². The summed E-state index contributed by atoms with van der Waals surface area (Å²) in [5.74, 6) is 0. The molecule has 0 spiro atoms. The molecule has 2 aromatic rings. The van der Waals surface area contributed by atoms with Gasteiger partial charge in [0.1, 0.15) is 0 Å². The summed E-state index contributed by atoms with van der Waals surface area (Å²) in [6.07, 6.45) is 0.302. The van der Waals surface area contributed by atoms with Crippen LogP contribution in [0.1, 0.15) is 23.7 Å². The van der Waals surface area contributed by atoms with Gasteiger partial charge in [-0.3, -0.25) is 0 Å². The van der Waals surface area contributed by atoms with Gasteiger partial charge in [-0.1, -0.05) is 54.1 Å². The molecule has 0 bridgehead atoms. The first-order valence-electron chi connectivity index (χ1n) is 6.44. The Morgan fingerprint density at radius 3 is 2.30 bits per heavy atom. The number of nitrogens with one attached hydrogen (secondary N) is 1. The van der Waals surface area contributed by atoms with Crippen molar-refractivity contribution in [3.05, 3.63) is 70.7 Å². The number of benzene rings is 2. The molecule has 4 heteroatoms. The number of halogens is 2. The molecule has 0 saturated heterocycles. The highest BCUT2D eigenvalue weighted by atomic mass is 35.5. The Hall–Kier alpha value is -1.06. The smallest absolute Gasteiger partial charge is 0.0802 e. The van der Waals surface area contributed by atoms with Gasteiger partial charge in [-0.2, -0.15) is 0 Å². The number of rotatable bonds is 6. The van der Waals surface area contributed by atoms with Crippen LogP contribution < -0.4 is 5.32 Å². The highest BCUT2D eigenvalue weighted by molar-refractivity contribution is 6.30. The molecule has 0 radical (unpaired) electrons. The minimum atomic E-state index is -0.404. The Bertz CT molecular complexity index is 488. The molecule has 1 atom stereocenters. The summed E-state index contributed by atoms with van der Waals surface area (Å²) < 4.78 is 0. The average molecular weight is 312 g/mol. The molecule has 108 valence electrons. The topological polar surface area (TPSA) is 32.3 Å². The first kappa shape index (κ1) is 17.0. The van der Waals surface area contributed by atoms with Gasteiger partial charge in [0, 0.05) is 11.6 Å². The van der Waals surface area contributed by atoms with E-state index in [1.807, 2.05) is 54.6 Å². The van der Waals surface area contributed by atoms with Crippen LogP contribution >= 0.6 is 24.0 Å². The van der Waals surface area contributed by atoms with Crippen molar-refractivity contribution in [2.45, 2.75) is 19.1 Å². The van der Waals surface area contributed by atoms with Gasteiger partial charge in [-0.15, -0.1) is 12.4 Å². The fourth-order valence-electron chi connectivity index (χ4n) is 1.92. The maximum absolute atomic E-state index is 10.00. The third kappa shape index (κ3) is 5.51. The number of hydrogen-bond donors (Lipinski definition) is 2. The number of aliphatic hydroxyl groups is 1. The molecule has 0 fully saturated rings. The molecule has 20 heavy (non-hydrogen) atoms. The lowest BCUT2D eigenvalue weighted by atomic mass is 10.1. The molecule has 2 aromatic carbocycles. The zero-order valence-electron chi connectivity index (χ0n) is 11.1. The van der Waals surface area contributed by atoms with Gasteiger partial charge in [-0.25, -0.2) is 0 Å². The molecule has 0 saturated carbocycles. The van der Waals surface area contributed by atoms with Crippen molar-refractivity contribution in [2.75, 3.05) is 6.54 Å². The molecule has 0 heterocycles. The summed E-state index contributed by atoms with van der Waals surface area (Å²) in [5, 5.41) is 14.1. The van der Waals surface area contributed by atoms with E-state index in [1.165, 1.54) is 5.56 Å². The molecular weight excluding hydrogens is 293 g/mol. The van der Waals surface area contributed by atoms with Gasteiger partial charge in [0.25, 0.3) is 0 Å². The Labute approximate surface area is 131 Å². The second-order valence-corrected chi connectivity index (χ2v) is 4.95. The van der Waals surface area contributed by atoms with Gasteiger partial charge in [-0.05, 0) is 36.2 Å². The number of hydrogen-bond acceptors (Lipinski definition) is 2. The molecule has 2 N–H and O–H groups in total. The quantitative estimate of drug-likeness (QED) is 0.791. The maximum atomic E-state index is 10.00. The van der Waals surface area contributed by atoms with Crippen molar-refractivity contribution in [3.8, 4) is 0 Å². The Morgan fingerprint density at radius 2 is 1.65 bits per heavy atom. The van der Waals surface area contributed by atoms with Gasteiger partial charge in [0.2, 0.25) is 0 Å². The molecule has 0 aliphatic heterocycles. The van der Waals surface area contributed by atoms with E-state index in [2.05, 4.69) is 5.32 Å². The Kier molecular flexibility index (Phi) is 7.63. The lowest BCUT2D eigenvalue weighted by Gasteiger charge is -2.11. The van der Waals surface area contributed by atoms with E-state index < -0.39 is 6.10 Å². The zero-order valence-corrected chi connectivity index (χ0v) is 12.7. The van der Waals surface area contributed by atoms with Crippen molar-refractivity contribution in [1.29, 1.82) is 0 Å². The summed E-state index contributed by atoms with van der Waals surface area (Å²) in [6, 6.07) is 17.5. The first-order valence-corrected chi connectivity index (χ1v) is 6.81. The highest BCUT2D eigenvalue weighted by Crippen LogP contribution is 2.15. The van der Waals surface area contributed by atoms with Crippen molar-refractivity contribution < 1.29 is 5.11 Å². The summed E-state index contributed by atoms with van der Waals surface area (Å²) >= 11 is 5.83. The molecule has 0 aliphatic rings. The molecule has 1 unspecified atom stereocenters. The second kappa shape index (κ2) is 8.98. The standard InChI is InChI=1S/C16H18ClNO.ClH/c17-15-8-6-13(7-9-15)12-18-11-10-16(19)14-4-2-1-3-5-14;/h1-9,16,18-19H,10-12H2;1H. The van der Waals surface area contributed by atoms with Gasteiger partial charge >= 0.3 is 0 Å². The predicted octanol–water partition coefficient (Wildman–Crippen LogP) is 3.98. The van der Waals surface area contributed by atoms with Crippen LogP contribution in [0.15, 0.2) is 54.6 Å². The van der Waals surface area contributed by atoms with Gasteiger partial charge < -0.3 is 10.4 Å². The van der Waals surface area contributed by atoms with Crippen LogP contribution in [0.5, 0.6) is 0 Å². The van der Waals surface area contributed by atoms with Gasteiger partial charge in [0.05, 0.1) is 6.10 Å². The highest BCUT2D eigenvalue weighted by Gasteiger charge is 2.05. The maximum Gasteiger partial charge on any atom is 0.0802 e. The Balaban J connectivity index is 0.00000200. The van der Waals surface area contributed by atoms with Crippen LogP contribution in [0.3, 0.4) is 0 Å². The van der Waals surface area contributed by atoms with Crippen LogP contribution in [-0.4, -0.2) is 11.7 Å². The van der Waals surface area contributed by atoms with E-state index >= 15 is 0 Å². The van der Waals surface area contributed by atoms with E-state index in [4.69, 9.17) is 11.6 Å².